The molecule has 58 heavy (non-hydrogen) atoms. The van der Waals surface area contributed by atoms with Crippen LogP contribution in [0.4, 0.5) is 0 Å². The molecule has 7 aromatic carbocycles. The fourth-order valence-corrected chi connectivity index (χ4v) is 12.1. The van der Waals surface area contributed by atoms with E-state index >= 15 is 0 Å². The van der Waals surface area contributed by atoms with E-state index in [0.717, 1.165) is 65.8 Å². The maximum Gasteiger partial charge on any atom is 0.102 e. The maximum absolute atomic E-state index is 11.8. The van der Waals surface area contributed by atoms with E-state index in [4.69, 9.17) is 0 Å². The molecule has 4 aromatic heterocycles. The average Bonchev–Trinajstić information content (AvgIpc) is 3.96. The van der Waals surface area contributed by atoms with Gasteiger partial charge in [0.1, 0.15) is 12.1 Å². The number of aromatic nitrogens is 2. The molecule has 0 N–H and O–H groups in total. The summed E-state index contributed by atoms with van der Waals surface area (Å²) in [5.74, 6) is 0. The third-order valence-corrected chi connectivity index (χ3v) is 14.2. The molecule has 6 heteroatoms. The van der Waals surface area contributed by atoms with Gasteiger partial charge in [0.15, 0.2) is 0 Å². The van der Waals surface area contributed by atoms with Crippen molar-refractivity contribution < 1.29 is 0 Å². The van der Waals surface area contributed by atoms with E-state index < -0.39 is 10.8 Å². The molecule has 0 aliphatic rings. The molecule has 11 aromatic rings. The summed E-state index contributed by atoms with van der Waals surface area (Å²) in [4.78, 5) is 0. The van der Waals surface area contributed by atoms with Crippen molar-refractivity contribution in [3.63, 3.8) is 0 Å². The molecule has 4 heterocycles. The minimum absolute atomic E-state index is 0.519. The van der Waals surface area contributed by atoms with Crippen LogP contribution >= 0.6 is 22.7 Å². The number of rotatable bonds is 2. The Morgan fingerprint density at radius 1 is 0.414 bits per heavy atom. The number of benzene rings is 7. The topological polar surface area (TPSA) is 57.4 Å². The van der Waals surface area contributed by atoms with Gasteiger partial charge in [0.25, 0.3) is 0 Å². The van der Waals surface area contributed by atoms with E-state index in [-0.39, 0.29) is 0 Å². The lowest BCUT2D eigenvalue weighted by atomic mass is 9.73. The Morgan fingerprint density at radius 2 is 0.793 bits per heavy atom. The molecule has 0 radical (unpaired) electrons. The molecule has 0 amide bonds. The number of para-hydroxylation sites is 2. The summed E-state index contributed by atoms with van der Waals surface area (Å²) in [6.07, 6.45) is 0. The van der Waals surface area contributed by atoms with Crippen LogP contribution in [0.15, 0.2) is 121 Å². The first-order chi connectivity index (χ1) is 28.0. The molecule has 4 nitrogen and oxygen atoms in total. The summed E-state index contributed by atoms with van der Waals surface area (Å²) in [7, 11) is 0. The SMILES string of the molecule is CC(C)(C)c1c(C#N)c(-n2c3ccccc3c3ccc4sc5ccccc5c4c32)c(C#N)c(C(C)(C)C)c1-n1c2ccccc2c2ccc3sc4ccccc4c3c21. The fraction of sp³-hybridized carbons (Fsp3) is 0.154. The zero-order chi connectivity index (χ0) is 39.8. The Labute approximate surface area is 344 Å². The molecule has 0 aliphatic carbocycles. The average molecular weight is 783 g/mol. The molecule has 0 aliphatic heterocycles. The number of nitriles is 2. The van der Waals surface area contributed by atoms with Crippen molar-refractivity contribution in [2.24, 2.45) is 0 Å². The van der Waals surface area contributed by atoms with E-state index in [9.17, 15) is 10.5 Å². The standard InChI is InChI=1S/C52H38N4S2/c1-51(2,3)45-35(27-53)47(55-37-19-11-7-15-29(37)31-23-25-41-43(48(31)55)33-17-9-13-21-39(33)57-41)36(28-54)46(52(4,5)6)50(45)56-38-20-12-8-16-30(38)32-24-26-42-44(49(32)56)34-18-10-14-22-40(34)58-42/h7-26H,1-6H3. The zero-order valence-electron chi connectivity index (χ0n) is 33.2. The van der Waals surface area contributed by atoms with E-state index in [2.05, 4.69) is 184 Å². The molecule has 0 atom stereocenters. The monoisotopic (exact) mass is 782 g/mol. The zero-order valence-corrected chi connectivity index (χ0v) is 34.8. The summed E-state index contributed by atoms with van der Waals surface area (Å²) < 4.78 is 9.53. The van der Waals surface area contributed by atoms with Crippen molar-refractivity contribution in [1.82, 2.24) is 9.13 Å². The van der Waals surface area contributed by atoms with Gasteiger partial charge in [-0.05, 0) is 47.2 Å². The Balaban J connectivity index is 1.43. The molecule has 11 rings (SSSR count). The number of hydrogen-bond donors (Lipinski definition) is 0. The molecule has 0 unspecified atom stereocenters. The van der Waals surface area contributed by atoms with Gasteiger partial charge in [0, 0.05) is 73.0 Å². The third-order valence-electron chi connectivity index (χ3n) is 12.0. The second-order valence-electron chi connectivity index (χ2n) is 17.5. The van der Waals surface area contributed by atoms with Crippen molar-refractivity contribution in [3.05, 3.63) is 144 Å². The molecule has 0 saturated heterocycles. The van der Waals surface area contributed by atoms with Gasteiger partial charge in [-0.3, -0.25) is 0 Å². The number of thiophene rings is 2. The minimum atomic E-state index is -0.519. The Kier molecular flexibility index (Phi) is 7.22. The minimum Gasteiger partial charge on any atom is -0.308 e. The van der Waals surface area contributed by atoms with Gasteiger partial charge < -0.3 is 9.13 Å². The van der Waals surface area contributed by atoms with Crippen LogP contribution in [0, 0.1) is 22.7 Å². The van der Waals surface area contributed by atoms with Crippen molar-refractivity contribution in [2.45, 2.75) is 52.4 Å². The Morgan fingerprint density at radius 3 is 1.21 bits per heavy atom. The van der Waals surface area contributed by atoms with Crippen molar-refractivity contribution in [1.29, 1.82) is 10.5 Å². The normalized spacial score (nSPS) is 12.6. The molecule has 0 saturated carbocycles. The predicted molar refractivity (Wildman–Crippen MR) is 248 cm³/mol. The summed E-state index contributed by atoms with van der Waals surface area (Å²) >= 11 is 3.59. The van der Waals surface area contributed by atoms with Crippen LogP contribution in [0.2, 0.25) is 0 Å². The molecule has 0 bridgehead atoms. The van der Waals surface area contributed by atoms with Crippen LogP contribution in [0.5, 0.6) is 0 Å². The van der Waals surface area contributed by atoms with Crippen molar-refractivity contribution in [3.8, 4) is 23.5 Å². The van der Waals surface area contributed by atoms with Crippen LogP contribution in [0.3, 0.4) is 0 Å². The Bertz CT molecular complexity index is 3620. The third kappa shape index (κ3) is 4.59. The second-order valence-corrected chi connectivity index (χ2v) is 19.7. The van der Waals surface area contributed by atoms with Gasteiger partial charge in [-0.15, -0.1) is 22.7 Å². The van der Waals surface area contributed by atoms with Crippen LogP contribution in [-0.4, -0.2) is 9.13 Å². The lowest BCUT2D eigenvalue weighted by Gasteiger charge is -2.35. The first-order valence-corrected chi connectivity index (χ1v) is 21.4. The van der Waals surface area contributed by atoms with Crippen molar-refractivity contribution >= 4 is 107 Å². The van der Waals surface area contributed by atoms with E-state index in [1.54, 1.807) is 11.3 Å². The predicted octanol–water partition coefficient (Wildman–Crippen LogP) is 15.0. The van der Waals surface area contributed by atoms with Crippen LogP contribution < -0.4 is 0 Å². The smallest absolute Gasteiger partial charge is 0.102 e. The summed E-state index contributed by atoms with van der Waals surface area (Å²) in [5, 5.41) is 32.9. The van der Waals surface area contributed by atoms with Gasteiger partial charge in [0.05, 0.1) is 44.6 Å². The van der Waals surface area contributed by atoms with Gasteiger partial charge in [-0.1, -0.05) is 126 Å². The van der Waals surface area contributed by atoms with Gasteiger partial charge >= 0.3 is 0 Å². The van der Waals surface area contributed by atoms with E-state index in [1.165, 1.54) is 35.0 Å². The van der Waals surface area contributed by atoms with Gasteiger partial charge in [0.2, 0.25) is 0 Å². The lowest BCUT2D eigenvalue weighted by molar-refractivity contribution is 0.561. The van der Waals surface area contributed by atoms with Crippen LogP contribution in [0.25, 0.3) is 95.3 Å². The molecule has 0 fully saturated rings. The number of hydrogen-bond acceptors (Lipinski definition) is 4. The molecule has 278 valence electrons. The number of nitrogens with zero attached hydrogens (tertiary/aromatic N) is 4. The highest BCUT2D eigenvalue weighted by Crippen LogP contribution is 2.51. The highest BCUT2D eigenvalue weighted by atomic mass is 32.1. The van der Waals surface area contributed by atoms with Gasteiger partial charge in [-0.25, -0.2) is 0 Å². The van der Waals surface area contributed by atoms with E-state index in [0.29, 0.717) is 16.8 Å². The summed E-state index contributed by atoms with van der Waals surface area (Å²) in [6, 6.07) is 48.9. The largest absolute Gasteiger partial charge is 0.308 e. The first-order valence-electron chi connectivity index (χ1n) is 19.7. The highest BCUT2D eigenvalue weighted by Gasteiger charge is 2.38. The fourth-order valence-electron chi connectivity index (χ4n) is 9.84. The highest BCUT2D eigenvalue weighted by molar-refractivity contribution is 7.26. The van der Waals surface area contributed by atoms with Gasteiger partial charge in [-0.2, -0.15) is 10.5 Å². The molecular formula is C52H38N4S2. The first kappa shape index (κ1) is 34.8. The van der Waals surface area contributed by atoms with Crippen LogP contribution in [0.1, 0.15) is 63.8 Å². The lowest BCUT2D eigenvalue weighted by Crippen LogP contribution is -2.27. The summed E-state index contributed by atoms with van der Waals surface area (Å²) in [5.41, 5.74) is 7.63. The number of fused-ring (bicyclic) bond motifs is 14. The molecular weight excluding hydrogens is 745 g/mol. The van der Waals surface area contributed by atoms with E-state index in [1.807, 2.05) is 11.3 Å². The Hall–Kier alpha value is -6.44. The molecule has 0 spiro atoms. The van der Waals surface area contributed by atoms with Crippen molar-refractivity contribution in [2.75, 3.05) is 0 Å². The quantitative estimate of drug-likeness (QED) is 0.175. The van der Waals surface area contributed by atoms with Crippen LogP contribution in [-0.2, 0) is 10.8 Å². The second kappa shape index (κ2) is 12.0. The summed E-state index contributed by atoms with van der Waals surface area (Å²) in [6.45, 7) is 13.3. The maximum atomic E-state index is 11.8.